The summed E-state index contributed by atoms with van der Waals surface area (Å²) in [5.41, 5.74) is 6.70. The van der Waals surface area contributed by atoms with Crippen LogP contribution in [0.4, 0.5) is 4.39 Å². The fourth-order valence-electron chi connectivity index (χ4n) is 1.73. The van der Waals surface area contributed by atoms with Gasteiger partial charge in [0.1, 0.15) is 5.82 Å². The number of hydrogen-bond donors (Lipinski definition) is 1. The first-order valence-corrected chi connectivity index (χ1v) is 5.54. The topological polar surface area (TPSA) is 38.9 Å². The predicted octanol–water partition coefficient (Wildman–Crippen LogP) is 3.10. The average Bonchev–Trinajstić information content (AvgIpc) is 2.29. The summed E-state index contributed by atoms with van der Waals surface area (Å²) in [6, 6.07) is 8.63. The van der Waals surface area contributed by atoms with Crippen molar-refractivity contribution in [2.45, 2.75) is 12.5 Å². The van der Waals surface area contributed by atoms with E-state index in [1.165, 1.54) is 6.07 Å². The Morgan fingerprint density at radius 1 is 1.29 bits per heavy atom. The lowest BCUT2D eigenvalue weighted by molar-refractivity contribution is 0.575. The maximum absolute atomic E-state index is 13.2. The van der Waals surface area contributed by atoms with Gasteiger partial charge >= 0.3 is 0 Å². The van der Waals surface area contributed by atoms with Crippen LogP contribution in [0.3, 0.4) is 0 Å². The molecule has 0 aliphatic carbocycles. The van der Waals surface area contributed by atoms with Crippen LogP contribution in [-0.4, -0.2) is 4.98 Å². The van der Waals surface area contributed by atoms with Gasteiger partial charge in [-0.15, -0.1) is 0 Å². The summed E-state index contributed by atoms with van der Waals surface area (Å²) in [4.78, 5) is 3.81. The van der Waals surface area contributed by atoms with Gasteiger partial charge in [0.2, 0.25) is 0 Å². The zero-order valence-corrected chi connectivity index (χ0v) is 10.1. The molecule has 17 heavy (non-hydrogen) atoms. The molecule has 4 heteroatoms. The first-order valence-electron chi connectivity index (χ1n) is 5.17. The van der Waals surface area contributed by atoms with E-state index in [0.29, 0.717) is 10.6 Å². The van der Waals surface area contributed by atoms with Crippen molar-refractivity contribution in [3.8, 4) is 0 Å². The third kappa shape index (κ3) is 2.30. The molecule has 0 fully saturated rings. The Bertz CT molecular complexity index is 540. The van der Waals surface area contributed by atoms with Crippen LogP contribution < -0.4 is 5.73 Å². The van der Waals surface area contributed by atoms with Gasteiger partial charge in [-0.25, -0.2) is 4.39 Å². The maximum Gasteiger partial charge on any atom is 0.141 e. The van der Waals surface area contributed by atoms with Gasteiger partial charge in [-0.2, -0.15) is 0 Å². The van der Waals surface area contributed by atoms with Gasteiger partial charge in [0.25, 0.3) is 0 Å². The normalized spacial score (nSPS) is 14.4. The highest BCUT2D eigenvalue weighted by molar-refractivity contribution is 6.31. The maximum atomic E-state index is 13.2. The number of pyridine rings is 1. The van der Waals surface area contributed by atoms with Crippen molar-refractivity contribution in [2.75, 3.05) is 0 Å². The summed E-state index contributed by atoms with van der Waals surface area (Å²) >= 11 is 6.10. The van der Waals surface area contributed by atoms with E-state index in [1.54, 1.807) is 19.2 Å². The average molecular weight is 251 g/mol. The minimum absolute atomic E-state index is 0.411. The molecule has 2 aromatic rings. The molecule has 1 unspecified atom stereocenters. The lowest BCUT2D eigenvalue weighted by atomic mass is 9.86. The van der Waals surface area contributed by atoms with Gasteiger partial charge in [0.15, 0.2) is 0 Å². The monoisotopic (exact) mass is 250 g/mol. The van der Waals surface area contributed by atoms with Gasteiger partial charge in [-0.05, 0) is 30.2 Å². The molecule has 0 radical (unpaired) electrons. The standard InChI is InChI=1S/C13H12ClFN2/c1-13(16,9-6-10(15)8-17-7-9)11-4-2-3-5-12(11)14/h2-8H,16H2,1H3. The van der Waals surface area contributed by atoms with E-state index in [1.807, 2.05) is 18.2 Å². The summed E-state index contributed by atoms with van der Waals surface area (Å²) in [7, 11) is 0. The second-order valence-electron chi connectivity index (χ2n) is 4.07. The Morgan fingerprint density at radius 3 is 2.65 bits per heavy atom. The Balaban J connectivity index is 2.53. The van der Waals surface area contributed by atoms with Gasteiger partial charge in [-0.1, -0.05) is 29.8 Å². The Morgan fingerprint density at radius 2 is 2.00 bits per heavy atom. The number of halogens is 2. The fraction of sp³-hybridized carbons (Fsp3) is 0.154. The predicted molar refractivity (Wildman–Crippen MR) is 66.3 cm³/mol. The van der Waals surface area contributed by atoms with Crippen molar-refractivity contribution < 1.29 is 4.39 Å². The molecule has 0 bridgehead atoms. The van der Waals surface area contributed by atoms with E-state index in [9.17, 15) is 4.39 Å². The smallest absolute Gasteiger partial charge is 0.141 e. The molecule has 0 saturated heterocycles. The van der Waals surface area contributed by atoms with Crippen molar-refractivity contribution in [3.05, 3.63) is 64.7 Å². The van der Waals surface area contributed by atoms with Crippen molar-refractivity contribution in [1.82, 2.24) is 4.98 Å². The molecule has 1 atom stereocenters. The minimum Gasteiger partial charge on any atom is -0.318 e. The summed E-state index contributed by atoms with van der Waals surface area (Å²) < 4.78 is 13.2. The molecule has 2 rings (SSSR count). The lowest BCUT2D eigenvalue weighted by Crippen LogP contribution is -2.34. The second kappa shape index (κ2) is 4.43. The molecule has 0 aliphatic heterocycles. The molecule has 0 aliphatic rings. The molecular weight excluding hydrogens is 239 g/mol. The first-order chi connectivity index (χ1) is 8.01. The number of benzene rings is 1. The van der Waals surface area contributed by atoms with Crippen LogP contribution in [0, 0.1) is 5.82 Å². The van der Waals surface area contributed by atoms with Crippen molar-refractivity contribution in [2.24, 2.45) is 5.73 Å². The number of nitrogens with two attached hydrogens (primary N) is 1. The Kier molecular flexibility index (Phi) is 3.13. The van der Waals surface area contributed by atoms with E-state index in [2.05, 4.69) is 4.98 Å². The van der Waals surface area contributed by atoms with Crippen LogP contribution in [0.2, 0.25) is 5.02 Å². The Hall–Kier alpha value is -1.45. The molecule has 1 aromatic carbocycles. The second-order valence-corrected chi connectivity index (χ2v) is 4.48. The molecule has 1 heterocycles. The van der Waals surface area contributed by atoms with Crippen LogP contribution in [0.5, 0.6) is 0 Å². The van der Waals surface area contributed by atoms with E-state index in [4.69, 9.17) is 17.3 Å². The van der Waals surface area contributed by atoms with Gasteiger partial charge in [-0.3, -0.25) is 4.98 Å². The van der Waals surface area contributed by atoms with Crippen LogP contribution in [0.1, 0.15) is 18.1 Å². The SMILES string of the molecule is CC(N)(c1cncc(F)c1)c1ccccc1Cl. The zero-order valence-electron chi connectivity index (χ0n) is 9.32. The van der Waals surface area contributed by atoms with Crippen LogP contribution >= 0.6 is 11.6 Å². The minimum atomic E-state index is -0.868. The molecule has 1 aromatic heterocycles. The number of rotatable bonds is 2. The van der Waals surface area contributed by atoms with E-state index in [0.717, 1.165) is 11.8 Å². The number of hydrogen-bond acceptors (Lipinski definition) is 2. The molecule has 0 spiro atoms. The highest BCUT2D eigenvalue weighted by atomic mass is 35.5. The van der Waals surface area contributed by atoms with E-state index in [-0.39, 0.29) is 0 Å². The van der Waals surface area contributed by atoms with Crippen LogP contribution in [0.15, 0.2) is 42.7 Å². The number of aromatic nitrogens is 1. The Labute approximate surface area is 104 Å². The quantitative estimate of drug-likeness (QED) is 0.890. The zero-order chi connectivity index (χ0) is 12.5. The highest BCUT2D eigenvalue weighted by Crippen LogP contribution is 2.31. The van der Waals surface area contributed by atoms with Gasteiger partial charge in [0.05, 0.1) is 11.7 Å². The first kappa shape index (κ1) is 12.0. The highest BCUT2D eigenvalue weighted by Gasteiger charge is 2.26. The lowest BCUT2D eigenvalue weighted by Gasteiger charge is -2.26. The summed E-state index contributed by atoms with van der Waals surface area (Å²) in [6.45, 7) is 1.78. The van der Waals surface area contributed by atoms with Gasteiger partial charge < -0.3 is 5.73 Å². The largest absolute Gasteiger partial charge is 0.318 e. The molecule has 88 valence electrons. The van der Waals surface area contributed by atoms with Crippen LogP contribution in [-0.2, 0) is 5.54 Å². The van der Waals surface area contributed by atoms with Crippen LogP contribution in [0.25, 0.3) is 0 Å². The van der Waals surface area contributed by atoms with Gasteiger partial charge in [0, 0.05) is 11.2 Å². The molecular formula is C13H12ClFN2. The number of nitrogens with zero attached hydrogens (tertiary/aromatic N) is 1. The molecule has 0 amide bonds. The fourth-order valence-corrected chi connectivity index (χ4v) is 2.07. The van der Waals surface area contributed by atoms with E-state index < -0.39 is 11.4 Å². The summed E-state index contributed by atoms with van der Waals surface area (Å²) in [6.07, 6.45) is 2.69. The molecule has 2 nitrogen and oxygen atoms in total. The van der Waals surface area contributed by atoms with E-state index >= 15 is 0 Å². The van der Waals surface area contributed by atoms with Crippen molar-refractivity contribution in [1.29, 1.82) is 0 Å². The van der Waals surface area contributed by atoms with Crippen molar-refractivity contribution >= 4 is 11.6 Å². The van der Waals surface area contributed by atoms with Crippen molar-refractivity contribution in [3.63, 3.8) is 0 Å². The third-order valence-corrected chi connectivity index (χ3v) is 3.07. The molecule has 2 N–H and O–H groups in total. The summed E-state index contributed by atoms with van der Waals surface area (Å²) in [5, 5.41) is 0.557. The molecule has 0 saturated carbocycles. The third-order valence-electron chi connectivity index (χ3n) is 2.74. The summed E-state index contributed by atoms with van der Waals surface area (Å²) in [5.74, 6) is -0.411.